The van der Waals surface area contributed by atoms with Crippen molar-refractivity contribution >= 4 is 5.91 Å². The summed E-state index contributed by atoms with van der Waals surface area (Å²) in [6.45, 7) is 0.00998. The summed E-state index contributed by atoms with van der Waals surface area (Å²) in [6.07, 6.45) is 8.76. The molecule has 1 fully saturated rings. The number of carbonyl (C=O) groups is 1. The van der Waals surface area contributed by atoms with Crippen molar-refractivity contribution < 1.29 is 14.3 Å². The molecule has 0 spiro atoms. The molecule has 6 heteroatoms. The third kappa shape index (κ3) is 4.94. The van der Waals surface area contributed by atoms with Crippen LogP contribution in [-0.4, -0.2) is 34.6 Å². The van der Waals surface area contributed by atoms with E-state index in [2.05, 4.69) is 15.3 Å². The summed E-state index contributed by atoms with van der Waals surface area (Å²) < 4.78 is 11.3. The number of ether oxygens (including phenoxy) is 2. The number of amides is 1. The van der Waals surface area contributed by atoms with Crippen molar-refractivity contribution in [2.75, 3.05) is 6.61 Å². The van der Waals surface area contributed by atoms with Gasteiger partial charge in [-0.05, 0) is 43.9 Å². The normalized spacial score (nSPS) is 20.2. The molecule has 24 heavy (non-hydrogen) atoms. The quantitative estimate of drug-likeness (QED) is 0.882. The van der Waals surface area contributed by atoms with Crippen LogP contribution in [0.2, 0.25) is 0 Å². The first-order valence-corrected chi connectivity index (χ1v) is 8.19. The first-order chi connectivity index (χ1) is 11.8. The third-order valence-electron chi connectivity index (χ3n) is 3.97. The van der Waals surface area contributed by atoms with Gasteiger partial charge in [-0.25, -0.2) is 4.98 Å². The minimum Gasteiger partial charge on any atom is -0.482 e. The van der Waals surface area contributed by atoms with Crippen LogP contribution in [-0.2, 0) is 4.79 Å². The lowest BCUT2D eigenvalue weighted by atomic mass is 9.93. The van der Waals surface area contributed by atoms with Crippen LogP contribution < -0.4 is 14.8 Å². The largest absolute Gasteiger partial charge is 0.482 e. The molecule has 0 saturated heterocycles. The Morgan fingerprint density at radius 3 is 2.71 bits per heavy atom. The second-order valence-electron chi connectivity index (χ2n) is 5.80. The fourth-order valence-electron chi connectivity index (χ4n) is 2.76. The average molecular weight is 327 g/mol. The van der Waals surface area contributed by atoms with Crippen molar-refractivity contribution in [2.45, 2.75) is 37.8 Å². The number of pyridine rings is 2. The number of carbonyl (C=O) groups excluding carboxylic acids is 1. The van der Waals surface area contributed by atoms with E-state index in [0.29, 0.717) is 11.6 Å². The third-order valence-corrected chi connectivity index (χ3v) is 3.97. The summed E-state index contributed by atoms with van der Waals surface area (Å²) >= 11 is 0. The van der Waals surface area contributed by atoms with Crippen molar-refractivity contribution in [2.24, 2.45) is 0 Å². The Morgan fingerprint density at radius 2 is 2.00 bits per heavy atom. The molecular weight excluding hydrogens is 306 g/mol. The van der Waals surface area contributed by atoms with Gasteiger partial charge >= 0.3 is 0 Å². The molecule has 126 valence electrons. The summed E-state index contributed by atoms with van der Waals surface area (Å²) in [4.78, 5) is 20.1. The number of nitrogens with one attached hydrogen (secondary N) is 1. The molecule has 0 unspecified atom stereocenters. The summed E-state index contributed by atoms with van der Waals surface area (Å²) in [5, 5.41) is 3.02. The van der Waals surface area contributed by atoms with Crippen molar-refractivity contribution in [3.05, 3.63) is 48.9 Å². The molecule has 6 nitrogen and oxygen atoms in total. The fourth-order valence-corrected chi connectivity index (χ4v) is 2.76. The number of nitrogens with zero attached hydrogens (tertiary/aromatic N) is 2. The Bertz CT molecular complexity index is 628. The van der Waals surface area contributed by atoms with Gasteiger partial charge in [0.25, 0.3) is 5.91 Å². The number of hydrogen-bond acceptors (Lipinski definition) is 5. The van der Waals surface area contributed by atoms with Crippen LogP contribution in [0.5, 0.6) is 11.6 Å². The molecule has 0 aromatic carbocycles. The maximum atomic E-state index is 12.0. The summed E-state index contributed by atoms with van der Waals surface area (Å²) in [6, 6.07) is 9.38. The molecular formula is C18H21N3O3. The van der Waals surface area contributed by atoms with E-state index in [1.165, 1.54) is 0 Å². The first kappa shape index (κ1) is 16.2. The molecule has 0 atom stereocenters. The van der Waals surface area contributed by atoms with Gasteiger partial charge in [-0.3, -0.25) is 9.78 Å². The topological polar surface area (TPSA) is 73.3 Å². The van der Waals surface area contributed by atoms with Crippen molar-refractivity contribution in [3.63, 3.8) is 0 Å². The number of rotatable bonds is 6. The van der Waals surface area contributed by atoms with E-state index in [9.17, 15) is 4.79 Å². The van der Waals surface area contributed by atoms with Crippen LogP contribution in [0.1, 0.15) is 25.7 Å². The van der Waals surface area contributed by atoms with Gasteiger partial charge < -0.3 is 14.8 Å². The van der Waals surface area contributed by atoms with E-state index >= 15 is 0 Å². The summed E-state index contributed by atoms with van der Waals surface area (Å²) in [5.41, 5.74) is 0. The molecule has 2 aromatic heterocycles. The Kier molecular flexibility index (Phi) is 5.61. The van der Waals surface area contributed by atoms with Crippen LogP contribution in [0.15, 0.2) is 48.9 Å². The van der Waals surface area contributed by atoms with Crippen LogP contribution >= 0.6 is 0 Å². The first-order valence-electron chi connectivity index (χ1n) is 8.19. The van der Waals surface area contributed by atoms with Gasteiger partial charge in [0.2, 0.25) is 5.88 Å². The summed E-state index contributed by atoms with van der Waals surface area (Å²) in [5.74, 6) is 1.16. The minimum absolute atomic E-state index is 0.00998. The standard InChI is InChI=1S/C18H21N3O3/c22-17(13-23-16-4-3-10-19-12-16)21-14-6-8-15(9-7-14)24-18-5-1-2-11-20-18/h1-5,10-12,14-15H,6-9,13H2,(H,21,22). The monoisotopic (exact) mass is 327 g/mol. The van der Waals surface area contributed by atoms with Crippen LogP contribution in [0.25, 0.3) is 0 Å². The lowest BCUT2D eigenvalue weighted by Crippen LogP contribution is -2.41. The molecule has 1 amide bonds. The van der Waals surface area contributed by atoms with E-state index in [4.69, 9.17) is 9.47 Å². The smallest absolute Gasteiger partial charge is 0.258 e. The lowest BCUT2D eigenvalue weighted by Gasteiger charge is -2.29. The maximum Gasteiger partial charge on any atom is 0.258 e. The Labute approximate surface area is 141 Å². The maximum absolute atomic E-state index is 12.0. The average Bonchev–Trinajstić information content (AvgIpc) is 2.63. The van der Waals surface area contributed by atoms with Gasteiger partial charge in [0.1, 0.15) is 11.9 Å². The molecule has 0 bridgehead atoms. The zero-order valence-electron chi connectivity index (χ0n) is 13.4. The molecule has 0 aliphatic heterocycles. The van der Waals surface area contributed by atoms with E-state index in [1.54, 1.807) is 30.7 Å². The SMILES string of the molecule is O=C(COc1cccnc1)NC1CCC(Oc2ccccn2)CC1. The molecule has 1 aliphatic carbocycles. The predicted octanol–water partition coefficient (Wildman–Crippen LogP) is 2.36. The van der Waals surface area contributed by atoms with Crippen molar-refractivity contribution in [1.29, 1.82) is 0 Å². The highest BCUT2D eigenvalue weighted by Gasteiger charge is 2.23. The Hall–Kier alpha value is -2.63. The van der Waals surface area contributed by atoms with Crippen LogP contribution in [0.3, 0.4) is 0 Å². The Morgan fingerprint density at radius 1 is 1.12 bits per heavy atom. The molecule has 2 heterocycles. The fraction of sp³-hybridized carbons (Fsp3) is 0.389. The van der Waals surface area contributed by atoms with Gasteiger partial charge in [0, 0.05) is 24.5 Å². The number of aromatic nitrogens is 2. The molecule has 1 N–H and O–H groups in total. The highest BCUT2D eigenvalue weighted by Crippen LogP contribution is 2.22. The van der Waals surface area contributed by atoms with Crippen molar-refractivity contribution in [1.82, 2.24) is 15.3 Å². The van der Waals surface area contributed by atoms with Gasteiger partial charge in [0.15, 0.2) is 6.61 Å². The second-order valence-corrected chi connectivity index (χ2v) is 5.80. The molecule has 1 aliphatic rings. The van der Waals surface area contributed by atoms with Gasteiger partial charge in [-0.2, -0.15) is 0 Å². The van der Waals surface area contributed by atoms with E-state index in [0.717, 1.165) is 25.7 Å². The summed E-state index contributed by atoms with van der Waals surface area (Å²) in [7, 11) is 0. The molecule has 2 aromatic rings. The van der Waals surface area contributed by atoms with Crippen LogP contribution in [0, 0.1) is 0 Å². The highest BCUT2D eigenvalue weighted by atomic mass is 16.5. The van der Waals surface area contributed by atoms with Gasteiger partial charge in [-0.1, -0.05) is 6.07 Å². The molecule has 3 rings (SSSR count). The lowest BCUT2D eigenvalue weighted by molar-refractivity contribution is -0.124. The van der Waals surface area contributed by atoms with Crippen molar-refractivity contribution in [3.8, 4) is 11.6 Å². The highest BCUT2D eigenvalue weighted by molar-refractivity contribution is 5.77. The molecule has 1 saturated carbocycles. The van der Waals surface area contributed by atoms with E-state index < -0.39 is 0 Å². The predicted molar refractivity (Wildman–Crippen MR) is 88.8 cm³/mol. The number of hydrogen-bond donors (Lipinski definition) is 1. The van der Waals surface area contributed by atoms with E-state index in [-0.39, 0.29) is 24.7 Å². The van der Waals surface area contributed by atoms with Gasteiger partial charge in [0.05, 0.1) is 6.20 Å². The zero-order valence-corrected chi connectivity index (χ0v) is 13.4. The van der Waals surface area contributed by atoms with Crippen LogP contribution in [0.4, 0.5) is 0 Å². The minimum atomic E-state index is -0.104. The van der Waals surface area contributed by atoms with E-state index in [1.807, 2.05) is 18.2 Å². The molecule has 0 radical (unpaired) electrons. The van der Waals surface area contributed by atoms with Gasteiger partial charge in [-0.15, -0.1) is 0 Å². The second kappa shape index (κ2) is 8.29. The Balaban J connectivity index is 1.36. The zero-order chi connectivity index (χ0) is 16.6.